The molecule has 2 unspecified atom stereocenters. The maximum absolute atomic E-state index is 13.2. The molecular formula is C13H15FN2O3. The molecule has 0 aromatic heterocycles. The third kappa shape index (κ3) is 2.38. The number of benzene rings is 1. The molecule has 1 heterocycles. The topological polar surface area (TPSA) is 83.6 Å². The number of carbonyl (C=O) groups is 2. The van der Waals surface area contributed by atoms with E-state index in [-0.39, 0.29) is 11.6 Å². The minimum Gasteiger partial charge on any atom is -0.481 e. The Kier molecular flexibility index (Phi) is 3.42. The summed E-state index contributed by atoms with van der Waals surface area (Å²) in [6, 6.07) is 3.53. The Hall–Kier alpha value is -2.11. The highest BCUT2D eigenvalue weighted by Crippen LogP contribution is 2.32. The van der Waals surface area contributed by atoms with E-state index in [9.17, 15) is 14.0 Å². The van der Waals surface area contributed by atoms with Crippen molar-refractivity contribution >= 4 is 17.6 Å². The van der Waals surface area contributed by atoms with E-state index in [2.05, 4.69) is 0 Å². The maximum atomic E-state index is 13.2. The van der Waals surface area contributed by atoms with Crippen molar-refractivity contribution in [3.8, 4) is 0 Å². The Morgan fingerprint density at radius 2 is 2.16 bits per heavy atom. The van der Waals surface area contributed by atoms with Crippen LogP contribution in [0.4, 0.5) is 10.1 Å². The second kappa shape index (κ2) is 4.87. The molecule has 0 saturated carbocycles. The fourth-order valence-corrected chi connectivity index (χ4v) is 2.57. The average molecular weight is 266 g/mol. The largest absolute Gasteiger partial charge is 0.481 e. The van der Waals surface area contributed by atoms with Gasteiger partial charge in [-0.05, 0) is 31.5 Å². The summed E-state index contributed by atoms with van der Waals surface area (Å²) < 4.78 is 13.2. The van der Waals surface area contributed by atoms with Crippen LogP contribution in [0.15, 0.2) is 18.2 Å². The first kappa shape index (κ1) is 13.3. The first-order valence-electron chi connectivity index (χ1n) is 6.00. The van der Waals surface area contributed by atoms with E-state index in [0.29, 0.717) is 18.7 Å². The summed E-state index contributed by atoms with van der Waals surface area (Å²) in [6.45, 7) is 2.28. The van der Waals surface area contributed by atoms with Gasteiger partial charge in [0, 0.05) is 18.3 Å². The third-order valence-corrected chi connectivity index (χ3v) is 3.61. The zero-order chi connectivity index (χ0) is 14.2. The first-order valence-corrected chi connectivity index (χ1v) is 6.00. The van der Waals surface area contributed by atoms with Crippen LogP contribution >= 0.6 is 0 Å². The van der Waals surface area contributed by atoms with E-state index >= 15 is 0 Å². The van der Waals surface area contributed by atoms with Crippen LogP contribution in [-0.4, -0.2) is 29.6 Å². The molecule has 0 spiro atoms. The predicted molar refractivity (Wildman–Crippen MR) is 67.5 cm³/mol. The normalized spacial score (nSPS) is 22.5. The lowest BCUT2D eigenvalue weighted by Gasteiger charge is -2.27. The van der Waals surface area contributed by atoms with Crippen LogP contribution in [0.1, 0.15) is 23.7 Å². The van der Waals surface area contributed by atoms with Crippen molar-refractivity contribution in [3.05, 3.63) is 29.6 Å². The summed E-state index contributed by atoms with van der Waals surface area (Å²) in [5, 5.41) is 9.09. The fourth-order valence-electron chi connectivity index (χ4n) is 2.57. The van der Waals surface area contributed by atoms with Gasteiger partial charge in [0.15, 0.2) is 0 Å². The van der Waals surface area contributed by atoms with E-state index in [1.807, 2.05) is 0 Å². The first-order chi connectivity index (χ1) is 8.91. The molecule has 6 heteroatoms. The summed E-state index contributed by atoms with van der Waals surface area (Å²) >= 11 is 0. The molecule has 5 nitrogen and oxygen atoms in total. The number of hydrogen-bond acceptors (Lipinski definition) is 3. The van der Waals surface area contributed by atoms with Crippen LogP contribution in [0.2, 0.25) is 0 Å². The molecule has 1 aliphatic heterocycles. The summed E-state index contributed by atoms with van der Waals surface area (Å²) in [5.74, 6) is -2.62. The number of primary amides is 1. The number of halogens is 1. The Morgan fingerprint density at radius 1 is 1.47 bits per heavy atom. The lowest BCUT2D eigenvalue weighted by molar-refractivity contribution is -0.141. The molecule has 19 heavy (non-hydrogen) atoms. The molecule has 3 N–H and O–H groups in total. The van der Waals surface area contributed by atoms with Crippen molar-refractivity contribution in [2.75, 3.05) is 11.4 Å². The van der Waals surface area contributed by atoms with Gasteiger partial charge in [0.1, 0.15) is 5.82 Å². The van der Waals surface area contributed by atoms with Gasteiger partial charge in [-0.3, -0.25) is 9.59 Å². The molecule has 2 atom stereocenters. The minimum atomic E-state index is -0.863. The van der Waals surface area contributed by atoms with Crippen molar-refractivity contribution in [1.29, 1.82) is 0 Å². The molecule has 102 valence electrons. The number of hydrogen-bond donors (Lipinski definition) is 2. The number of amides is 1. The molecule has 1 saturated heterocycles. The van der Waals surface area contributed by atoms with Crippen LogP contribution in [-0.2, 0) is 4.79 Å². The molecule has 2 rings (SSSR count). The van der Waals surface area contributed by atoms with Gasteiger partial charge >= 0.3 is 5.97 Å². The summed E-state index contributed by atoms with van der Waals surface area (Å²) in [6.07, 6.45) is 0.492. The zero-order valence-corrected chi connectivity index (χ0v) is 10.5. The SMILES string of the molecule is CC1C(C(=O)O)CCN1c1ccc(F)cc1C(N)=O. The van der Waals surface area contributed by atoms with Gasteiger partial charge in [-0.15, -0.1) is 0 Å². The van der Waals surface area contributed by atoms with Crippen LogP contribution in [0.5, 0.6) is 0 Å². The van der Waals surface area contributed by atoms with E-state index in [4.69, 9.17) is 10.8 Å². The summed E-state index contributed by atoms with van der Waals surface area (Å²) in [7, 11) is 0. The Morgan fingerprint density at radius 3 is 2.68 bits per heavy atom. The molecule has 0 aliphatic carbocycles. The van der Waals surface area contributed by atoms with Crippen molar-refractivity contribution < 1.29 is 19.1 Å². The number of anilines is 1. The number of carboxylic acid groups (broad SMARTS) is 1. The monoisotopic (exact) mass is 266 g/mol. The Labute approximate surface area is 109 Å². The number of nitrogens with zero attached hydrogens (tertiary/aromatic N) is 1. The van der Waals surface area contributed by atoms with E-state index in [0.717, 1.165) is 6.07 Å². The van der Waals surface area contributed by atoms with Crippen LogP contribution < -0.4 is 10.6 Å². The maximum Gasteiger partial charge on any atom is 0.308 e. The highest BCUT2D eigenvalue weighted by Gasteiger charge is 2.36. The van der Waals surface area contributed by atoms with Crippen molar-refractivity contribution in [2.45, 2.75) is 19.4 Å². The van der Waals surface area contributed by atoms with Crippen LogP contribution in [0, 0.1) is 11.7 Å². The zero-order valence-electron chi connectivity index (χ0n) is 10.5. The number of nitrogens with two attached hydrogens (primary N) is 1. The standard InChI is InChI=1S/C13H15FN2O3/c1-7-9(13(18)19)4-5-16(7)11-3-2-8(14)6-10(11)12(15)17/h2-3,6-7,9H,4-5H2,1H3,(H2,15,17)(H,18,19). The number of carboxylic acids is 1. The summed E-state index contributed by atoms with van der Waals surface area (Å²) in [4.78, 5) is 24.2. The molecule has 0 bridgehead atoms. The number of carbonyl (C=O) groups excluding carboxylic acids is 1. The van der Waals surface area contributed by atoms with Gasteiger partial charge in [-0.2, -0.15) is 0 Å². The van der Waals surface area contributed by atoms with Crippen molar-refractivity contribution in [1.82, 2.24) is 0 Å². The van der Waals surface area contributed by atoms with E-state index in [1.54, 1.807) is 11.8 Å². The highest BCUT2D eigenvalue weighted by atomic mass is 19.1. The Bertz CT molecular complexity index is 533. The molecule has 1 fully saturated rings. The second-order valence-electron chi connectivity index (χ2n) is 4.69. The van der Waals surface area contributed by atoms with Gasteiger partial charge in [0.05, 0.1) is 11.5 Å². The molecule has 1 amide bonds. The Balaban J connectivity index is 2.38. The highest BCUT2D eigenvalue weighted by molar-refractivity contribution is 5.99. The molecular weight excluding hydrogens is 251 g/mol. The minimum absolute atomic E-state index is 0.0814. The van der Waals surface area contributed by atoms with Gasteiger partial charge in [-0.1, -0.05) is 0 Å². The fraction of sp³-hybridized carbons (Fsp3) is 0.385. The second-order valence-corrected chi connectivity index (χ2v) is 4.69. The van der Waals surface area contributed by atoms with Crippen LogP contribution in [0.3, 0.4) is 0 Å². The van der Waals surface area contributed by atoms with E-state index in [1.165, 1.54) is 12.1 Å². The number of rotatable bonds is 3. The lowest BCUT2D eigenvalue weighted by Crippen LogP contribution is -2.34. The van der Waals surface area contributed by atoms with Gasteiger partial charge in [0.25, 0.3) is 5.91 Å². The predicted octanol–water partition coefficient (Wildman–Crippen LogP) is 1.22. The quantitative estimate of drug-likeness (QED) is 0.861. The third-order valence-electron chi connectivity index (χ3n) is 3.61. The molecule has 1 aromatic carbocycles. The van der Waals surface area contributed by atoms with Crippen molar-refractivity contribution in [2.24, 2.45) is 11.7 Å². The lowest BCUT2D eigenvalue weighted by atomic mass is 10.0. The summed E-state index contributed by atoms with van der Waals surface area (Å²) in [5.41, 5.74) is 5.81. The van der Waals surface area contributed by atoms with Gasteiger partial charge < -0.3 is 15.7 Å². The van der Waals surface area contributed by atoms with Gasteiger partial charge in [0.2, 0.25) is 0 Å². The molecule has 1 aliphatic rings. The molecule has 0 radical (unpaired) electrons. The van der Waals surface area contributed by atoms with Gasteiger partial charge in [-0.25, -0.2) is 4.39 Å². The van der Waals surface area contributed by atoms with E-state index < -0.39 is 23.6 Å². The van der Waals surface area contributed by atoms with Crippen LogP contribution in [0.25, 0.3) is 0 Å². The smallest absolute Gasteiger partial charge is 0.308 e. The number of aliphatic carboxylic acids is 1. The average Bonchev–Trinajstić information content (AvgIpc) is 2.71. The molecule has 1 aromatic rings. The van der Waals surface area contributed by atoms with Crippen molar-refractivity contribution in [3.63, 3.8) is 0 Å².